The molecule has 0 N–H and O–H groups in total. The zero-order valence-corrected chi connectivity index (χ0v) is 9.30. The van der Waals surface area contributed by atoms with Gasteiger partial charge in [0.05, 0.1) is 12.7 Å². The van der Waals surface area contributed by atoms with Gasteiger partial charge in [-0.3, -0.25) is 4.79 Å². The van der Waals surface area contributed by atoms with Crippen molar-refractivity contribution in [2.24, 2.45) is 0 Å². The third-order valence-electron chi connectivity index (χ3n) is 3.01. The summed E-state index contributed by atoms with van der Waals surface area (Å²) in [7, 11) is 0. The summed E-state index contributed by atoms with van der Waals surface area (Å²) in [4.78, 5) is 14.0. The zero-order chi connectivity index (χ0) is 11.7. The average Bonchev–Trinajstić information content (AvgIpc) is 2.86. The first-order valence-electron chi connectivity index (χ1n) is 5.61. The molecule has 0 saturated heterocycles. The SMILES string of the molecule is O=C(c1ccccc1)N1CCc2oncc2C1. The Kier molecular flexibility index (Phi) is 2.40. The number of benzene rings is 1. The van der Waals surface area contributed by atoms with Gasteiger partial charge in [0.25, 0.3) is 5.91 Å². The van der Waals surface area contributed by atoms with Crippen LogP contribution in [0.1, 0.15) is 21.7 Å². The van der Waals surface area contributed by atoms with Crippen LogP contribution in [0.4, 0.5) is 0 Å². The molecule has 0 aliphatic carbocycles. The quantitative estimate of drug-likeness (QED) is 0.748. The lowest BCUT2D eigenvalue weighted by Crippen LogP contribution is -2.35. The van der Waals surface area contributed by atoms with Crippen molar-refractivity contribution in [3.8, 4) is 0 Å². The van der Waals surface area contributed by atoms with Crippen molar-refractivity contribution >= 4 is 5.91 Å². The number of amides is 1. The number of hydrogen-bond acceptors (Lipinski definition) is 3. The molecule has 1 aromatic carbocycles. The molecule has 0 fully saturated rings. The van der Waals surface area contributed by atoms with E-state index in [1.54, 1.807) is 6.20 Å². The van der Waals surface area contributed by atoms with E-state index in [4.69, 9.17) is 4.52 Å². The van der Waals surface area contributed by atoms with Gasteiger partial charge in [-0.25, -0.2) is 0 Å². The zero-order valence-electron chi connectivity index (χ0n) is 9.30. The van der Waals surface area contributed by atoms with Gasteiger partial charge in [-0.2, -0.15) is 0 Å². The highest BCUT2D eigenvalue weighted by Gasteiger charge is 2.23. The van der Waals surface area contributed by atoms with Gasteiger partial charge in [-0.1, -0.05) is 23.4 Å². The molecular formula is C13H12N2O2. The first-order valence-corrected chi connectivity index (χ1v) is 5.61. The molecule has 1 aliphatic heterocycles. The smallest absolute Gasteiger partial charge is 0.254 e. The van der Waals surface area contributed by atoms with Gasteiger partial charge < -0.3 is 9.42 Å². The molecule has 0 radical (unpaired) electrons. The van der Waals surface area contributed by atoms with Crippen LogP contribution in [0, 0.1) is 0 Å². The fourth-order valence-electron chi connectivity index (χ4n) is 2.08. The second kappa shape index (κ2) is 4.05. The van der Waals surface area contributed by atoms with Crippen LogP contribution in [0.3, 0.4) is 0 Å². The third kappa shape index (κ3) is 1.82. The van der Waals surface area contributed by atoms with E-state index in [9.17, 15) is 4.79 Å². The number of nitrogens with zero attached hydrogens (tertiary/aromatic N) is 2. The van der Waals surface area contributed by atoms with E-state index < -0.39 is 0 Å². The van der Waals surface area contributed by atoms with Crippen molar-refractivity contribution in [2.45, 2.75) is 13.0 Å². The van der Waals surface area contributed by atoms with Gasteiger partial charge >= 0.3 is 0 Å². The van der Waals surface area contributed by atoms with E-state index in [0.717, 1.165) is 23.3 Å². The van der Waals surface area contributed by atoms with Crippen molar-refractivity contribution < 1.29 is 9.32 Å². The summed E-state index contributed by atoms with van der Waals surface area (Å²) in [6.45, 7) is 1.28. The number of aromatic nitrogens is 1. The number of hydrogen-bond donors (Lipinski definition) is 0. The standard InChI is InChI=1S/C13H12N2O2/c16-13(10-4-2-1-3-5-10)15-7-6-12-11(9-15)8-14-17-12/h1-5,8H,6-7,9H2. The first-order chi connectivity index (χ1) is 8.34. The average molecular weight is 228 g/mol. The molecule has 86 valence electrons. The maximum atomic E-state index is 12.2. The van der Waals surface area contributed by atoms with Crippen molar-refractivity contribution in [1.29, 1.82) is 0 Å². The second-order valence-electron chi connectivity index (χ2n) is 4.12. The Hall–Kier alpha value is -2.10. The number of carbonyl (C=O) groups excluding carboxylic acids is 1. The Morgan fingerprint density at radius 3 is 2.94 bits per heavy atom. The largest absolute Gasteiger partial charge is 0.361 e. The molecule has 2 heterocycles. The lowest BCUT2D eigenvalue weighted by Gasteiger charge is -2.25. The minimum absolute atomic E-state index is 0.0671. The second-order valence-corrected chi connectivity index (χ2v) is 4.12. The molecule has 17 heavy (non-hydrogen) atoms. The summed E-state index contributed by atoms with van der Waals surface area (Å²) < 4.78 is 5.10. The highest BCUT2D eigenvalue weighted by Crippen LogP contribution is 2.19. The Bertz CT molecular complexity index is 533. The Morgan fingerprint density at radius 2 is 2.12 bits per heavy atom. The van der Waals surface area contributed by atoms with Gasteiger partial charge in [0, 0.05) is 24.1 Å². The van der Waals surface area contributed by atoms with Crippen LogP contribution in [-0.4, -0.2) is 22.5 Å². The maximum absolute atomic E-state index is 12.2. The predicted octanol–water partition coefficient (Wildman–Crippen LogP) is 1.87. The van der Waals surface area contributed by atoms with E-state index in [2.05, 4.69) is 5.16 Å². The van der Waals surface area contributed by atoms with Gasteiger partial charge in [0.1, 0.15) is 5.76 Å². The number of rotatable bonds is 1. The van der Waals surface area contributed by atoms with Crippen molar-refractivity contribution in [2.75, 3.05) is 6.54 Å². The van der Waals surface area contributed by atoms with E-state index in [1.807, 2.05) is 35.2 Å². The Morgan fingerprint density at radius 1 is 1.29 bits per heavy atom. The molecule has 1 aromatic heterocycles. The fraction of sp³-hybridized carbons (Fsp3) is 0.231. The summed E-state index contributed by atoms with van der Waals surface area (Å²) in [5.41, 5.74) is 1.74. The number of carbonyl (C=O) groups is 1. The molecule has 1 aliphatic rings. The molecule has 4 heteroatoms. The van der Waals surface area contributed by atoms with Crippen LogP contribution in [0.2, 0.25) is 0 Å². The van der Waals surface area contributed by atoms with Crippen LogP contribution < -0.4 is 0 Å². The highest BCUT2D eigenvalue weighted by atomic mass is 16.5. The molecule has 0 saturated carbocycles. The van der Waals surface area contributed by atoms with Gasteiger partial charge in [-0.15, -0.1) is 0 Å². The third-order valence-corrected chi connectivity index (χ3v) is 3.01. The topological polar surface area (TPSA) is 46.3 Å². The molecule has 2 aromatic rings. The van der Waals surface area contributed by atoms with Crippen LogP contribution >= 0.6 is 0 Å². The van der Waals surface area contributed by atoms with E-state index >= 15 is 0 Å². The molecular weight excluding hydrogens is 216 g/mol. The Labute approximate surface area is 98.8 Å². The molecule has 0 atom stereocenters. The summed E-state index contributed by atoms with van der Waals surface area (Å²) in [6.07, 6.45) is 2.44. The molecule has 4 nitrogen and oxygen atoms in total. The van der Waals surface area contributed by atoms with Gasteiger partial charge in [0.2, 0.25) is 0 Å². The van der Waals surface area contributed by atoms with Gasteiger partial charge in [0.15, 0.2) is 0 Å². The Balaban J connectivity index is 1.81. The molecule has 3 rings (SSSR count). The van der Waals surface area contributed by atoms with Crippen LogP contribution in [-0.2, 0) is 13.0 Å². The first kappa shape index (κ1) is 10.1. The summed E-state index contributed by atoms with van der Waals surface area (Å²) in [5, 5.41) is 3.76. The van der Waals surface area contributed by atoms with Gasteiger partial charge in [-0.05, 0) is 12.1 Å². The molecule has 0 unspecified atom stereocenters. The number of fused-ring (bicyclic) bond motifs is 1. The lowest BCUT2D eigenvalue weighted by atomic mass is 10.1. The molecule has 1 amide bonds. The van der Waals surface area contributed by atoms with E-state index in [-0.39, 0.29) is 5.91 Å². The van der Waals surface area contributed by atoms with Crippen LogP contribution in [0.15, 0.2) is 41.1 Å². The predicted molar refractivity (Wildman–Crippen MR) is 61.4 cm³/mol. The van der Waals surface area contributed by atoms with Crippen LogP contribution in [0.5, 0.6) is 0 Å². The molecule has 0 bridgehead atoms. The minimum atomic E-state index is 0.0671. The normalized spacial score (nSPS) is 14.5. The van der Waals surface area contributed by atoms with E-state index in [0.29, 0.717) is 13.1 Å². The minimum Gasteiger partial charge on any atom is -0.361 e. The lowest BCUT2D eigenvalue weighted by molar-refractivity contribution is 0.0729. The summed E-state index contributed by atoms with van der Waals surface area (Å²) >= 11 is 0. The van der Waals surface area contributed by atoms with Crippen molar-refractivity contribution in [3.63, 3.8) is 0 Å². The monoisotopic (exact) mass is 228 g/mol. The van der Waals surface area contributed by atoms with Crippen molar-refractivity contribution in [1.82, 2.24) is 10.1 Å². The fourth-order valence-corrected chi connectivity index (χ4v) is 2.08. The van der Waals surface area contributed by atoms with E-state index in [1.165, 1.54) is 0 Å². The van der Waals surface area contributed by atoms with Crippen LogP contribution in [0.25, 0.3) is 0 Å². The maximum Gasteiger partial charge on any atom is 0.254 e. The molecule has 0 spiro atoms. The summed E-state index contributed by atoms with van der Waals surface area (Å²) in [5.74, 6) is 0.972. The highest BCUT2D eigenvalue weighted by molar-refractivity contribution is 5.94. The van der Waals surface area contributed by atoms with Crippen molar-refractivity contribution in [3.05, 3.63) is 53.4 Å². The summed E-state index contributed by atoms with van der Waals surface area (Å²) in [6, 6.07) is 9.34.